The zero-order valence-electron chi connectivity index (χ0n) is 12.4. The first kappa shape index (κ1) is 17.5. The van der Waals surface area contributed by atoms with Gasteiger partial charge in [0.15, 0.2) is 0 Å². The lowest BCUT2D eigenvalue weighted by Crippen LogP contribution is -2.26. The smallest absolute Gasteiger partial charge is 0.232 e. The molecule has 1 aromatic rings. The van der Waals surface area contributed by atoms with E-state index in [1.54, 1.807) is 31.2 Å². The predicted octanol–water partition coefficient (Wildman–Crippen LogP) is 1.90. The minimum atomic E-state index is -3.28. The molecule has 1 aromatic carbocycles. The summed E-state index contributed by atoms with van der Waals surface area (Å²) < 4.78 is 25.3. The number of nitrogens with two attached hydrogens (primary N) is 1. The molecule has 1 rings (SSSR count). The molecule has 0 spiro atoms. The summed E-state index contributed by atoms with van der Waals surface area (Å²) in [6.07, 6.45) is 2.03. The van der Waals surface area contributed by atoms with E-state index in [0.717, 1.165) is 12.8 Å². The van der Waals surface area contributed by atoms with E-state index < -0.39 is 10.0 Å². The molecule has 0 saturated heterocycles. The van der Waals surface area contributed by atoms with Crippen molar-refractivity contribution < 1.29 is 13.2 Å². The Morgan fingerprint density at radius 3 is 2.29 bits per heavy atom. The van der Waals surface area contributed by atoms with Crippen LogP contribution in [0.3, 0.4) is 0 Å². The van der Waals surface area contributed by atoms with E-state index in [1.807, 2.05) is 6.92 Å². The number of carbonyl (C=O) groups excluding carboxylic acids is 1. The van der Waals surface area contributed by atoms with Crippen LogP contribution in [0.5, 0.6) is 0 Å². The van der Waals surface area contributed by atoms with Crippen LogP contribution in [-0.4, -0.2) is 26.1 Å². The molecular formula is C14H23N3O3S. The maximum atomic E-state index is 11.8. The quantitative estimate of drug-likeness (QED) is 0.682. The van der Waals surface area contributed by atoms with Gasteiger partial charge in [0.1, 0.15) is 0 Å². The van der Waals surface area contributed by atoms with Crippen LogP contribution in [0.4, 0.5) is 11.4 Å². The second-order valence-corrected chi connectivity index (χ2v) is 6.89. The number of benzene rings is 1. The molecule has 0 aliphatic carbocycles. The van der Waals surface area contributed by atoms with Crippen molar-refractivity contribution in [2.45, 2.75) is 39.2 Å². The zero-order valence-corrected chi connectivity index (χ0v) is 13.2. The van der Waals surface area contributed by atoms with Crippen LogP contribution in [-0.2, 0) is 14.8 Å². The monoisotopic (exact) mass is 313 g/mol. The highest BCUT2D eigenvalue weighted by molar-refractivity contribution is 7.92. The highest BCUT2D eigenvalue weighted by atomic mass is 32.2. The minimum Gasteiger partial charge on any atom is -0.327 e. The van der Waals surface area contributed by atoms with Gasteiger partial charge in [0.25, 0.3) is 0 Å². The Kier molecular flexibility index (Phi) is 6.64. The molecule has 0 aliphatic rings. The van der Waals surface area contributed by atoms with Gasteiger partial charge in [0, 0.05) is 23.8 Å². The van der Waals surface area contributed by atoms with E-state index in [0.29, 0.717) is 11.4 Å². The Morgan fingerprint density at radius 1 is 1.19 bits per heavy atom. The van der Waals surface area contributed by atoms with Crippen molar-refractivity contribution in [2.24, 2.45) is 5.73 Å². The van der Waals surface area contributed by atoms with Crippen molar-refractivity contribution in [3.05, 3.63) is 24.3 Å². The molecule has 0 aliphatic heterocycles. The Labute approximate surface area is 126 Å². The van der Waals surface area contributed by atoms with Crippen LogP contribution in [0.2, 0.25) is 0 Å². The number of carbonyl (C=O) groups is 1. The molecule has 6 nitrogen and oxygen atoms in total. The summed E-state index contributed by atoms with van der Waals surface area (Å²) in [5, 5.41) is 2.74. The predicted molar refractivity (Wildman–Crippen MR) is 85.7 cm³/mol. The second kappa shape index (κ2) is 7.99. The minimum absolute atomic E-state index is 0.0147. The van der Waals surface area contributed by atoms with Crippen LogP contribution >= 0.6 is 0 Å². The lowest BCUT2D eigenvalue weighted by molar-refractivity contribution is -0.116. The molecule has 4 N–H and O–H groups in total. The van der Waals surface area contributed by atoms with Crippen LogP contribution in [0.15, 0.2) is 24.3 Å². The average Bonchev–Trinajstić information content (AvgIpc) is 2.41. The fourth-order valence-corrected chi connectivity index (χ4v) is 2.44. The number of hydrogen-bond acceptors (Lipinski definition) is 4. The molecule has 1 amide bonds. The van der Waals surface area contributed by atoms with E-state index in [1.165, 1.54) is 0 Å². The van der Waals surface area contributed by atoms with Crippen molar-refractivity contribution in [2.75, 3.05) is 15.8 Å². The van der Waals surface area contributed by atoms with Gasteiger partial charge in [-0.1, -0.05) is 13.3 Å². The molecule has 1 atom stereocenters. The molecule has 0 saturated carbocycles. The van der Waals surface area contributed by atoms with Gasteiger partial charge in [-0.05, 0) is 37.6 Å². The summed E-state index contributed by atoms with van der Waals surface area (Å²) in [4.78, 5) is 11.8. The van der Waals surface area contributed by atoms with Crippen molar-refractivity contribution in [3.8, 4) is 0 Å². The number of amides is 1. The molecule has 1 unspecified atom stereocenters. The van der Waals surface area contributed by atoms with Gasteiger partial charge in [-0.15, -0.1) is 0 Å². The summed E-state index contributed by atoms with van der Waals surface area (Å²) in [7, 11) is -3.28. The number of sulfonamides is 1. The van der Waals surface area contributed by atoms with Crippen LogP contribution in [0.1, 0.15) is 33.1 Å². The fourth-order valence-electron chi connectivity index (χ4n) is 1.80. The van der Waals surface area contributed by atoms with Gasteiger partial charge in [-0.3, -0.25) is 9.52 Å². The molecule has 0 aromatic heterocycles. The third kappa shape index (κ3) is 6.59. The number of hydrogen-bond donors (Lipinski definition) is 3. The van der Waals surface area contributed by atoms with Gasteiger partial charge in [-0.2, -0.15) is 0 Å². The van der Waals surface area contributed by atoms with Crippen LogP contribution in [0, 0.1) is 0 Å². The van der Waals surface area contributed by atoms with Crippen LogP contribution < -0.4 is 15.8 Å². The summed E-state index contributed by atoms with van der Waals surface area (Å²) in [6.45, 7) is 3.59. The first-order valence-corrected chi connectivity index (χ1v) is 8.67. The van der Waals surface area contributed by atoms with E-state index in [-0.39, 0.29) is 24.1 Å². The normalized spacial score (nSPS) is 12.7. The largest absolute Gasteiger partial charge is 0.327 e. The maximum absolute atomic E-state index is 11.8. The summed E-state index contributed by atoms with van der Waals surface area (Å²) in [5.41, 5.74) is 6.89. The number of anilines is 2. The van der Waals surface area contributed by atoms with E-state index in [9.17, 15) is 13.2 Å². The Hall–Kier alpha value is -1.60. The Bertz CT molecular complexity index is 555. The van der Waals surface area contributed by atoms with Crippen molar-refractivity contribution in [1.29, 1.82) is 0 Å². The Balaban J connectivity index is 2.57. The van der Waals surface area contributed by atoms with Crippen LogP contribution in [0.25, 0.3) is 0 Å². The number of nitrogens with one attached hydrogen (secondary N) is 2. The van der Waals surface area contributed by atoms with E-state index in [4.69, 9.17) is 5.73 Å². The molecule has 0 fully saturated rings. The molecule has 7 heteroatoms. The summed E-state index contributed by atoms with van der Waals surface area (Å²) >= 11 is 0. The van der Waals surface area contributed by atoms with Gasteiger partial charge >= 0.3 is 0 Å². The van der Waals surface area contributed by atoms with E-state index in [2.05, 4.69) is 10.0 Å². The second-order valence-electron chi connectivity index (χ2n) is 4.88. The highest BCUT2D eigenvalue weighted by Crippen LogP contribution is 2.15. The molecular weight excluding hydrogens is 290 g/mol. The van der Waals surface area contributed by atoms with Gasteiger partial charge in [0.05, 0.1) is 5.75 Å². The van der Waals surface area contributed by atoms with Crippen molar-refractivity contribution in [1.82, 2.24) is 0 Å². The fraction of sp³-hybridized carbons (Fsp3) is 0.500. The lowest BCUT2D eigenvalue weighted by Gasteiger charge is -2.11. The lowest BCUT2D eigenvalue weighted by atomic mass is 10.1. The summed E-state index contributed by atoms with van der Waals surface area (Å²) in [6, 6.07) is 6.38. The molecule has 118 valence electrons. The molecule has 21 heavy (non-hydrogen) atoms. The molecule has 0 radical (unpaired) electrons. The highest BCUT2D eigenvalue weighted by Gasteiger charge is 2.10. The first-order chi connectivity index (χ1) is 9.86. The van der Waals surface area contributed by atoms with Gasteiger partial charge in [-0.25, -0.2) is 8.42 Å². The zero-order chi connectivity index (χ0) is 15.9. The topological polar surface area (TPSA) is 101 Å². The SMILES string of the molecule is CCCC(N)CC(=O)Nc1ccc(NS(=O)(=O)CC)cc1. The molecule has 0 bridgehead atoms. The summed E-state index contributed by atoms with van der Waals surface area (Å²) in [5.74, 6) is -0.126. The van der Waals surface area contributed by atoms with Gasteiger partial charge in [0.2, 0.25) is 15.9 Å². The standard InChI is InChI=1S/C14H23N3O3S/c1-3-5-11(15)10-14(18)16-12-6-8-13(9-7-12)17-21(19,20)4-2/h6-9,11,17H,3-5,10,15H2,1-2H3,(H,16,18). The van der Waals surface area contributed by atoms with Crippen molar-refractivity contribution in [3.63, 3.8) is 0 Å². The first-order valence-electron chi connectivity index (χ1n) is 7.02. The molecule has 0 heterocycles. The third-order valence-electron chi connectivity index (χ3n) is 2.93. The van der Waals surface area contributed by atoms with Gasteiger partial charge < -0.3 is 11.1 Å². The number of rotatable bonds is 8. The Morgan fingerprint density at radius 2 is 1.76 bits per heavy atom. The van der Waals surface area contributed by atoms with E-state index >= 15 is 0 Å². The maximum Gasteiger partial charge on any atom is 0.232 e. The third-order valence-corrected chi connectivity index (χ3v) is 4.24. The van der Waals surface area contributed by atoms with Crippen molar-refractivity contribution >= 4 is 27.3 Å². The average molecular weight is 313 g/mol.